The summed E-state index contributed by atoms with van der Waals surface area (Å²) < 4.78 is 4.53. The van der Waals surface area contributed by atoms with Crippen LogP contribution >= 0.6 is 0 Å². The summed E-state index contributed by atoms with van der Waals surface area (Å²) in [4.78, 5) is 23.5. The summed E-state index contributed by atoms with van der Waals surface area (Å²) in [5, 5.41) is 0. The molecule has 0 unspecified atom stereocenters. The van der Waals surface area contributed by atoms with Crippen LogP contribution < -0.4 is 0 Å². The summed E-state index contributed by atoms with van der Waals surface area (Å²) in [6.45, 7) is 12.5. The third kappa shape index (κ3) is 3.69. The van der Waals surface area contributed by atoms with Crippen LogP contribution in [0.5, 0.6) is 0 Å². The molecule has 0 spiro atoms. The van der Waals surface area contributed by atoms with E-state index in [0.717, 1.165) is 11.1 Å². The average molecular weight is 276 g/mol. The minimum atomic E-state index is -0.823. The van der Waals surface area contributed by atoms with E-state index >= 15 is 0 Å². The van der Waals surface area contributed by atoms with E-state index < -0.39 is 11.8 Å². The molecule has 0 aliphatic heterocycles. The van der Waals surface area contributed by atoms with Gasteiger partial charge in [0.05, 0.1) is 7.11 Å². The average Bonchev–Trinajstić information content (AvgIpc) is 2.34. The molecule has 0 heterocycles. The highest BCUT2D eigenvalue weighted by atomic mass is 16.5. The van der Waals surface area contributed by atoms with Crippen LogP contribution in [0, 0.1) is 0 Å². The maximum absolute atomic E-state index is 12.1. The van der Waals surface area contributed by atoms with Gasteiger partial charge in [-0.3, -0.25) is 4.79 Å². The molecule has 0 amide bonds. The Kier molecular flexibility index (Phi) is 4.42. The fraction of sp³-hybridized carbons (Fsp3) is 0.529. The number of carbonyl (C=O) groups excluding carboxylic acids is 2. The predicted octanol–water partition coefficient (Wildman–Crippen LogP) is 3.64. The second kappa shape index (κ2) is 5.39. The highest BCUT2D eigenvalue weighted by Gasteiger charge is 2.24. The third-order valence-electron chi connectivity index (χ3n) is 3.30. The van der Waals surface area contributed by atoms with Gasteiger partial charge in [0.2, 0.25) is 0 Å². The molecular weight excluding hydrogens is 252 g/mol. The standard InChI is InChI=1S/C17H24O3/c1-16(2,3)12-8-11(14(18)15(19)20-7)9-13(10-12)17(4,5)6/h8-10H,1-7H3. The van der Waals surface area contributed by atoms with Crippen molar-refractivity contribution in [2.45, 2.75) is 52.4 Å². The molecule has 0 aliphatic rings. The minimum absolute atomic E-state index is 0.0909. The molecule has 20 heavy (non-hydrogen) atoms. The lowest BCUT2D eigenvalue weighted by atomic mass is 9.79. The van der Waals surface area contributed by atoms with E-state index in [0.29, 0.717) is 5.56 Å². The maximum atomic E-state index is 12.1. The molecule has 0 saturated heterocycles. The molecule has 3 heteroatoms. The van der Waals surface area contributed by atoms with Gasteiger partial charge < -0.3 is 4.74 Å². The zero-order valence-electron chi connectivity index (χ0n) is 13.5. The lowest BCUT2D eigenvalue weighted by molar-refractivity contribution is -0.135. The summed E-state index contributed by atoms with van der Waals surface area (Å²) in [6, 6.07) is 5.68. The van der Waals surface area contributed by atoms with Crippen LogP contribution in [0.25, 0.3) is 0 Å². The molecule has 0 aromatic heterocycles. The Bertz CT molecular complexity index is 496. The first-order chi connectivity index (χ1) is 8.96. The molecule has 0 aliphatic carbocycles. The summed E-state index contributed by atoms with van der Waals surface area (Å²) in [6.07, 6.45) is 0. The number of ketones is 1. The van der Waals surface area contributed by atoms with Crippen molar-refractivity contribution in [2.75, 3.05) is 7.11 Å². The van der Waals surface area contributed by atoms with Gasteiger partial charge in [-0.1, -0.05) is 47.6 Å². The highest BCUT2D eigenvalue weighted by molar-refractivity contribution is 6.40. The Morgan fingerprint density at radius 3 is 1.55 bits per heavy atom. The van der Waals surface area contributed by atoms with E-state index in [4.69, 9.17) is 0 Å². The smallest absolute Gasteiger partial charge is 0.379 e. The lowest BCUT2D eigenvalue weighted by Gasteiger charge is -2.25. The van der Waals surface area contributed by atoms with Crippen LogP contribution in [-0.4, -0.2) is 18.9 Å². The van der Waals surface area contributed by atoms with Crippen LogP contribution in [0.2, 0.25) is 0 Å². The fourth-order valence-electron chi connectivity index (χ4n) is 1.84. The number of hydrogen-bond donors (Lipinski definition) is 0. The number of benzene rings is 1. The van der Waals surface area contributed by atoms with Crippen molar-refractivity contribution >= 4 is 11.8 Å². The number of hydrogen-bond acceptors (Lipinski definition) is 3. The Hall–Kier alpha value is -1.64. The second-order valence-electron chi connectivity index (χ2n) is 7.12. The van der Waals surface area contributed by atoms with Gasteiger partial charge in [0, 0.05) is 5.56 Å². The molecular formula is C17H24O3. The van der Waals surface area contributed by atoms with Crippen LogP contribution in [0.15, 0.2) is 18.2 Å². The van der Waals surface area contributed by atoms with Crippen molar-refractivity contribution < 1.29 is 14.3 Å². The zero-order chi connectivity index (χ0) is 15.7. The topological polar surface area (TPSA) is 43.4 Å². The van der Waals surface area contributed by atoms with Gasteiger partial charge in [0.15, 0.2) is 0 Å². The number of rotatable bonds is 2. The van der Waals surface area contributed by atoms with Crippen LogP contribution in [0.3, 0.4) is 0 Å². The van der Waals surface area contributed by atoms with Gasteiger partial charge in [-0.2, -0.15) is 0 Å². The number of methoxy groups -OCH3 is 1. The summed E-state index contributed by atoms with van der Waals surface area (Å²) in [5.41, 5.74) is 2.29. The second-order valence-corrected chi connectivity index (χ2v) is 7.12. The molecule has 0 saturated carbocycles. The van der Waals surface area contributed by atoms with Gasteiger partial charge in [-0.15, -0.1) is 0 Å². The quantitative estimate of drug-likeness (QED) is 0.470. The van der Waals surface area contributed by atoms with Gasteiger partial charge in [0.25, 0.3) is 5.78 Å². The minimum Gasteiger partial charge on any atom is -0.463 e. The SMILES string of the molecule is COC(=O)C(=O)c1cc(C(C)(C)C)cc(C(C)(C)C)c1. The predicted molar refractivity (Wildman–Crippen MR) is 80.2 cm³/mol. The molecule has 3 nitrogen and oxygen atoms in total. The largest absolute Gasteiger partial charge is 0.463 e. The Morgan fingerprint density at radius 2 is 1.25 bits per heavy atom. The van der Waals surface area contributed by atoms with E-state index in [1.54, 1.807) is 12.1 Å². The molecule has 110 valence electrons. The normalized spacial score (nSPS) is 12.2. The van der Waals surface area contributed by atoms with Gasteiger partial charge >= 0.3 is 5.97 Å². The van der Waals surface area contributed by atoms with Gasteiger partial charge in [-0.05, 0) is 34.1 Å². The van der Waals surface area contributed by atoms with E-state index in [1.165, 1.54) is 7.11 Å². The molecule has 1 rings (SSSR count). The molecule has 0 bridgehead atoms. The van der Waals surface area contributed by atoms with Crippen molar-refractivity contribution in [1.29, 1.82) is 0 Å². The Labute approximate surface area is 121 Å². The van der Waals surface area contributed by atoms with E-state index in [1.807, 2.05) is 0 Å². The molecule has 0 atom stereocenters. The van der Waals surface area contributed by atoms with Crippen LogP contribution in [0.4, 0.5) is 0 Å². The van der Waals surface area contributed by atoms with Crippen molar-refractivity contribution in [3.8, 4) is 0 Å². The number of esters is 1. The molecule has 1 aromatic carbocycles. The first-order valence-corrected chi connectivity index (χ1v) is 6.75. The number of Topliss-reactive ketones (excluding diaryl/α,β-unsaturated/α-hetero) is 1. The van der Waals surface area contributed by atoms with E-state index in [-0.39, 0.29) is 10.8 Å². The first kappa shape index (κ1) is 16.4. The van der Waals surface area contributed by atoms with Crippen molar-refractivity contribution in [1.82, 2.24) is 0 Å². The van der Waals surface area contributed by atoms with Crippen molar-refractivity contribution in [2.24, 2.45) is 0 Å². The van der Waals surface area contributed by atoms with Crippen molar-refractivity contribution in [3.63, 3.8) is 0 Å². The molecule has 0 N–H and O–H groups in total. The Balaban J connectivity index is 3.46. The van der Waals surface area contributed by atoms with Gasteiger partial charge in [0.1, 0.15) is 0 Å². The highest BCUT2D eigenvalue weighted by Crippen LogP contribution is 2.30. The third-order valence-corrected chi connectivity index (χ3v) is 3.30. The zero-order valence-corrected chi connectivity index (χ0v) is 13.5. The lowest BCUT2D eigenvalue weighted by Crippen LogP contribution is -2.21. The molecule has 0 radical (unpaired) electrons. The molecule has 1 aromatic rings. The number of ether oxygens (including phenoxy) is 1. The van der Waals surface area contributed by atoms with E-state index in [2.05, 4.69) is 52.3 Å². The summed E-state index contributed by atoms with van der Waals surface area (Å²) in [7, 11) is 1.22. The summed E-state index contributed by atoms with van der Waals surface area (Å²) in [5.74, 6) is -1.42. The van der Waals surface area contributed by atoms with Crippen molar-refractivity contribution in [3.05, 3.63) is 34.9 Å². The van der Waals surface area contributed by atoms with E-state index in [9.17, 15) is 9.59 Å². The monoisotopic (exact) mass is 276 g/mol. The maximum Gasteiger partial charge on any atom is 0.379 e. The van der Waals surface area contributed by atoms with Crippen LogP contribution in [-0.2, 0) is 20.4 Å². The Morgan fingerprint density at radius 1 is 0.850 bits per heavy atom. The van der Waals surface area contributed by atoms with Gasteiger partial charge in [-0.25, -0.2) is 4.79 Å². The fourth-order valence-corrected chi connectivity index (χ4v) is 1.84. The molecule has 0 fully saturated rings. The first-order valence-electron chi connectivity index (χ1n) is 6.75. The number of carbonyl (C=O) groups is 2. The van der Waals surface area contributed by atoms with Crippen LogP contribution in [0.1, 0.15) is 63.0 Å². The summed E-state index contributed by atoms with van der Waals surface area (Å²) >= 11 is 0.